The third-order valence-corrected chi connectivity index (χ3v) is 6.58. The van der Waals surface area contributed by atoms with Crippen LogP contribution in [0.2, 0.25) is 0 Å². The SMILES string of the molecule is CC(C)(c1ccccc1)C1C2CC3CC(C2)CC1C3. The van der Waals surface area contributed by atoms with Gasteiger partial charge in [0, 0.05) is 0 Å². The molecule has 0 heteroatoms. The molecule has 1 aromatic rings. The molecule has 4 aliphatic rings. The van der Waals surface area contributed by atoms with Gasteiger partial charge in [-0.25, -0.2) is 0 Å². The van der Waals surface area contributed by atoms with Crippen molar-refractivity contribution in [2.75, 3.05) is 0 Å². The fourth-order valence-corrected chi connectivity index (χ4v) is 6.16. The molecule has 0 unspecified atom stereocenters. The van der Waals surface area contributed by atoms with E-state index in [4.69, 9.17) is 0 Å². The van der Waals surface area contributed by atoms with Crippen LogP contribution in [0.5, 0.6) is 0 Å². The lowest BCUT2D eigenvalue weighted by Gasteiger charge is -2.59. The van der Waals surface area contributed by atoms with Gasteiger partial charge in [-0.2, -0.15) is 0 Å². The van der Waals surface area contributed by atoms with Crippen LogP contribution in [0, 0.1) is 29.6 Å². The lowest BCUT2D eigenvalue weighted by Crippen LogP contribution is -2.51. The molecule has 0 amide bonds. The molecule has 0 atom stereocenters. The Balaban J connectivity index is 1.68. The van der Waals surface area contributed by atoms with E-state index in [1.807, 2.05) is 0 Å². The van der Waals surface area contributed by atoms with Crippen molar-refractivity contribution in [3.05, 3.63) is 35.9 Å². The lowest BCUT2D eigenvalue weighted by atomic mass is 9.46. The predicted octanol–water partition coefficient (Wildman–Crippen LogP) is 5.04. The van der Waals surface area contributed by atoms with Gasteiger partial charge < -0.3 is 0 Å². The van der Waals surface area contributed by atoms with Crippen LogP contribution in [0.25, 0.3) is 0 Å². The summed E-state index contributed by atoms with van der Waals surface area (Å²) in [6, 6.07) is 11.3. The highest BCUT2D eigenvalue weighted by molar-refractivity contribution is 5.26. The maximum absolute atomic E-state index is 2.51. The number of hydrogen-bond acceptors (Lipinski definition) is 0. The van der Waals surface area contributed by atoms with Crippen LogP contribution in [0.15, 0.2) is 30.3 Å². The van der Waals surface area contributed by atoms with Crippen LogP contribution in [-0.4, -0.2) is 0 Å². The van der Waals surface area contributed by atoms with E-state index >= 15 is 0 Å². The molecule has 5 rings (SSSR count). The minimum atomic E-state index is 0.365. The molecule has 0 N–H and O–H groups in total. The van der Waals surface area contributed by atoms with Gasteiger partial charge in [-0.3, -0.25) is 0 Å². The topological polar surface area (TPSA) is 0 Å². The zero-order valence-corrected chi connectivity index (χ0v) is 12.3. The second-order valence-electron chi connectivity index (χ2n) is 8.04. The molecular weight excluding hydrogens is 228 g/mol. The average Bonchev–Trinajstić information content (AvgIpc) is 2.38. The van der Waals surface area contributed by atoms with Crippen LogP contribution in [0.1, 0.15) is 51.5 Å². The fraction of sp³-hybridized carbons (Fsp3) is 0.684. The van der Waals surface area contributed by atoms with Crippen molar-refractivity contribution in [1.82, 2.24) is 0 Å². The van der Waals surface area contributed by atoms with Crippen molar-refractivity contribution >= 4 is 0 Å². The minimum Gasteiger partial charge on any atom is -0.0622 e. The van der Waals surface area contributed by atoms with Crippen LogP contribution in [0.4, 0.5) is 0 Å². The zero-order chi connectivity index (χ0) is 13.0. The van der Waals surface area contributed by atoms with E-state index in [1.165, 1.54) is 25.7 Å². The standard InChI is InChI=1S/C19H26/c1-19(2,17-6-4-3-5-7-17)18-15-9-13-8-14(11-15)12-16(18)10-13/h3-7,13-16,18H,8-12H2,1-2H3. The highest BCUT2D eigenvalue weighted by Gasteiger charge is 2.52. The van der Waals surface area contributed by atoms with Gasteiger partial charge in [0.25, 0.3) is 0 Å². The highest BCUT2D eigenvalue weighted by atomic mass is 14.6. The predicted molar refractivity (Wildman–Crippen MR) is 80.0 cm³/mol. The molecule has 0 spiro atoms. The smallest absolute Gasteiger partial charge is 0.00700 e. The summed E-state index contributed by atoms with van der Waals surface area (Å²) in [5.74, 6) is 5.15. The third-order valence-electron chi connectivity index (χ3n) is 6.58. The van der Waals surface area contributed by atoms with Gasteiger partial charge in [0.1, 0.15) is 0 Å². The van der Waals surface area contributed by atoms with Gasteiger partial charge in [-0.15, -0.1) is 0 Å². The van der Waals surface area contributed by atoms with Crippen LogP contribution in [-0.2, 0) is 5.41 Å². The number of hydrogen-bond donors (Lipinski definition) is 0. The van der Waals surface area contributed by atoms with Crippen molar-refractivity contribution < 1.29 is 0 Å². The molecule has 0 aliphatic heterocycles. The largest absolute Gasteiger partial charge is 0.0622 e. The van der Waals surface area contributed by atoms with E-state index < -0.39 is 0 Å². The normalized spacial score (nSPS) is 40.6. The van der Waals surface area contributed by atoms with E-state index in [1.54, 1.807) is 12.0 Å². The Morgan fingerprint density at radius 3 is 1.84 bits per heavy atom. The monoisotopic (exact) mass is 254 g/mol. The van der Waals surface area contributed by atoms with Crippen LogP contribution >= 0.6 is 0 Å². The molecule has 4 bridgehead atoms. The van der Waals surface area contributed by atoms with Crippen molar-refractivity contribution in [3.8, 4) is 0 Å². The Bertz CT molecular complexity index is 428. The summed E-state index contributed by atoms with van der Waals surface area (Å²) < 4.78 is 0. The quantitative estimate of drug-likeness (QED) is 0.694. The minimum absolute atomic E-state index is 0.365. The van der Waals surface area contributed by atoms with Crippen LogP contribution in [0.3, 0.4) is 0 Å². The summed E-state index contributed by atoms with van der Waals surface area (Å²) in [5.41, 5.74) is 1.93. The van der Waals surface area contributed by atoms with E-state index in [0.29, 0.717) is 5.41 Å². The first-order chi connectivity index (χ1) is 9.14. The number of rotatable bonds is 2. The molecule has 102 valence electrons. The van der Waals surface area contributed by atoms with Crippen molar-refractivity contribution in [3.63, 3.8) is 0 Å². The van der Waals surface area contributed by atoms with Crippen molar-refractivity contribution in [1.29, 1.82) is 0 Å². The maximum Gasteiger partial charge on any atom is -0.00700 e. The summed E-state index contributed by atoms with van der Waals surface area (Å²) in [6.45, 7) is 5.02. The van der Waals surface area contributed by atoms with Gasteiger partial charge in [-0.05, 0) is 72.7 Å². The fourth-order valence-electron chi connectivity index (χ4n) is 6.16. The Morgan fingerprint density at radius 1 is 0.789 bits per heavy atom. The summed E-state index contributed by atoms with van der Waals surface area (Å²) in [7, 11) is 0. The molecule has 0 heterocycles. The number of benzene rings is 1. The van der Waals surface area contributed by atoms with Crippen molar-refractivity contribution in [2.45, 2.75) is 51.4 Å². The Morgan fingerprint density at radius 2 is 1.32 bits per heavy atom. The molecule has 1 aromatic carbocycles. The maximum atomic E-state index is 2.51. The van der Waals surface area contributed by atoms with Gasteiger partial charge in [-0.1, -0.05) is 44.2 Å². The molecule has 19 heavy (non-hydrogen) atoms. The average molecular weight is 254 g/mol. The van der Waals surface area contributed by atoms with E-state index in [0.717, 1.165) is 29.6 Å². The first-order valence-electron chi connectivity index (χ1n) is 8.20. The van der Waals surface area contributed by atoms with Gasteiger partial charge in [0.15, 0.2) is 0 Å². The Labute approximate surface area is 117 Å². The van der Waals surface area contributed by atoms with E-state index in [2.05, 4.69) is 44.2 Å². The molecule has 4 aliphatic carbocycles. The summed E-state index contributed by atoms with van der Waals surface area (Å²) in [5, 5.41) is 0. The Hall–Kier alpha value is -0.780. The van der Waals surface area contributed by atoms with Gasteiger partial charge >= 0.3 is 0 Å². The second kappa shape index (κ2) is 4.11. The zero-order valence-electron chi connectivity index (χ0n) is 12.3. The lowest BCUT2D eigenvalue weighted by molar-refractivity contribution is -0.0650. The summed E-state index contributed by atoms with van der Waals surface area (Å²) in [6.07, 6.45) is 7.70. The van der Waals surface area contributed by atoms with Gasteiger partial charge in [0.05, 0.1) is 0 Å². The molecule has 0 radical (unpaired) electrons. The first kappa shape index (κ1) is 12.0. The van der Waals surface area contributed by atoms with E-state index in [9.17, 15) is 0 Å². The third kappa shape index (κ3) is 1.79. The highest BCUT2D eigenvalue weighted by Crippen LogP contribution is 2.61. The van der Waals surface area contributed by atoms with E-state index in [-0.39, 0.29) is 0 Å². The molecule has 0 aromatic heterocycles. The molecule has 4 saturated carbocycles. The summed E-state index contributed by atoms with van der Waals surface area (Å²) in [4.78, 5) is 0. The first-order valence-corrected chi connectivity index (χ1v) is 8.20. The molecule has 4 fully saturated rings. The molecular formula is C19H26. The second-order valence-corrected chi connectivity index (χ2v) is 8.04. The Kier molecular flexibility index (Phi) is 2.59. The van der Waals surface area contributed by atoms with Crippen LogP contribution < -0.4 is 0 Å². The van der Waals surface area contributed by atoms with Crippen molar-refractivity contribution in [2.24, 2.45) is 29.6 Å². The van der Waals surface area contributed by atoms with Gasteiger partial charge in [0.2, 0.25) is 0 Å². The summed E-state index contributed by atoms with van der Waals surface area (Å²) >= 11 is 0. The molecule has 0 nitrogen and oxygen atoms in total. The molecule has 0 saturated heterocycles.